The lowest BCUT2D eigenvalue weighted by Gasteiger charge is -2.25. The molecule has 1 aromatic rings. The van der Waals surface area contributed by atoms with Gasteiger partial charge in [0.1, 0.15) is 0 Å². The Hall–Kier alpha value is -1.18. The van der Waals surface area contributed by atoms with Gasteiger partial charge in [0.25, 0.3) is 10.0 Å². The quantitative estimate of drug-likeness (QED) is 0.609. The minimum atomic E-state index is -3.53. The summed E-state index contributed by atoms with van der Waals surface area (Å²) in [5.41, 5.74) is 2.70. The first-order chi connectivity index (χ1) is 8.16. The fourth-order valence-electron chi connectivity index (χ4n) is 1.93. The first-order valence-corrected chi connectivity index (χ1v) is 7.02. The number of pyridine rings is 1. The minimum absolute atomic E-state index is 0.00407. The van der Waals surface area contributed by atoms with E-state index in [1.165, 1.54) is 10.5 Å². The van der Waals surface area contributed by atoms with Crippen molar-refractivity contribution in [2.45, 2.75) is 24.3 Å². The molecule has 0 bridgehead atoms. The summed E-state index contributed by atoms with van der Waals surface area (Å²) in [5.74, 6) is 5.30. The molecule has 1 aliphatic rings. The molecule has 6 nitrogen and oxygen atoms in total. The van der Waals surface area contributed by atoms with Crippen molar-refractivity contribution in [3.63, 3.8) is 0 Å². The third kappa shape index (κ3) is 2.41. The molecule has 7 heteroatoms. The lowest BCUT2D eigenvalue weighted by atomic mass is 10.2. The van der Waals surface area contributed by atoms with Gasteiger partial charge in [-0.25, -0.2) is 13.4 Å². The zero-order valence-electron chi connectivity index (χ0n) is 9.46. The van der Waals surface area contributed by atoms with Gasteiger partial charge in [-0.05, 0) is 25.0 Å². The molecule has 0 spiro atoms. The Labute approximate surface area is 101 Å². The summed E-state index contributed by atoms with van der Waals surface area (Å²) in [6.07, 6.45) is 4.34. The largest absolute Gasteiger partial charge is 0.321 e. The summed E-state index contributed by atoms with van der Waals surface area (Å²) < 4.78 is 26.1. The molecule has 0 atom stereocenters. The lowest BCUT2D eigenvalue weighted by molar-refractivity contribution is 0.345. The molecule has 2 heterocycles. The molecule has 17 heavy (non-hydrogen) atoms. The Bertz CT molecular complexity index is 483. The predicted molar refractivity (Wildman–Crippen MR) is 64.7 cm³/mol. The summed E-state index contributed by atoms with van der Waals surface area (Å²) in [6.45, 7) is 1.12. The molecule has 94 valence electrons. The van der Waals surface area contributed by atoms with Crippen LogP contribution in [0, 0.1) is 0 Å². The van der Waals surface area contributed by atoms with Gasteiger partial charge in [-0.3, -0.25) is 5.84 Å². The maximum Gasteiger partial charge on any atom is 0.262 e. The fourth-order valence-corrected chi connectivity index (χ4v) is 3.52. The van der Waals surface area contributed by atoms with Crippen LogP contribution in [0.1, 0.15) is 19.3 Å². The lowest BCUT2D eigenvalue weighted by Crippen LogP contribution is -2.36. The van der Waals surface area contributed by atoms with E-state index in [1.807, 2.05) is 0 Å². The monoisotopic (exact) mass is 256 g/mol. The highest BCUT2D eigenvalue weighted by molar-refractivity contribution is 7.89. The highest BCUT2D eigenvalue weighted by Crippen LogP contribution is 2.23. The molecule has 0 unspecified atom stereocenters. The number of nitrogens with one attached hydrogen (secondary N) is 1. The molecule has 0 amide bonds. The maximum absolute atomic E-state index is 12.3. The van der Waals surface area contributed by atoms with Crippen molar-refractivity contribution >= 4 is 15.7 Å². The van der Waals surface area contributed by atoms with Gasteiger partial charge in [0.05, 0.1) is 5.69 Å². The van der Waals surface area contributed by atoms with Crippen molar-refractivity contribution in [2.75, 3.05) is 18.5 Å². The van der Waals surface area contributed by atoms with Crippen LogP contribution in [0.3, 0.4) is 0 Å². The van der Waals surface area contributed by atoms with Crippen LogP contribution < -0.4 is 11.3 Å². The molecule has 1 saturated heterocycles. The predicted octanol–water partition coefficient (Wildman–Crippen LogP) is 0.542. The van der Waals surface area contributed by atoms with E-state index in [9.17, 15) is 8.42 Å². The standard InChI is InChI=1S/C10H16N4O2S/c11-13-9-5-4-6-12-10(9)17(15,16)14-7-2-1-3-8-14/h4-6,13H,1-3,7-8,11H2. The fraction of sp³-hybridized carbons (Fsp3) is 0.500. The number of hydrogen-bond acceptors (Lipinski definition) is 5. The normalized spacial score (nSPS) is 17.9. The third-order valence-electron chi connectivity index (χ3n) is 2.83. The van der Waals surface area contributed by atoms with E-state index < -0.39 is 10.0 Å². The van der Waals surface area contributed by atoms with Gasteiger partial charge in [0.15, 0.2) is 5.03 Å². The van der Waals surface area contributed by atoms with E-state index in [1.54, 1.807) is 12.1 Å². The maximum atomic E-state index is 12.3. The molecular weight excluding hydrogens is 240 g/mol. The van der Waals surface area contributed by atoms with Gasteiger partial charge in [-0.15, -0.1) is 0 Å². The van der Waals surface area contributed by atoms with Crippen LogP contribution in [0.5, 0.6) is 0 Å². The number of nitrogens with two attached hydrogens (primary N) is 1. The molecule has 3 N–H and O–H groups in total. The van der Waals surface area contributed by atoms with Gasteiger partial charge in [-0.1, -0.05) is 6.42 Å². The number of hydrogen-bond donors (Lipinski definition) is 2. The molecule has 0 aromatic carbocycles. The van der Waals surface area contributed by atoms with Crippen molar-refractivity contribution in [3.8, 4) is 0 Å². The molecule has 1 aromatic heterocycles. The first kappa shape index (κ1) is 12.3. The topological polar surface area (TPSA) is 88.3 Å². The number of nitrogens with zero attached hydrogens (tertiary/aromatic N) is 2. The van der Waals surface area contributed by atoms with Crippen LogP contribution >= 0.6 is 0 Å². The SMILES string of the molecule is NNc1cccnc1S(=O)(=O)N1CCCCC1. The summed E-state index contributed by atoms with van der Waals surface area (Å²) in [7, 11) is -3.53. The van der Waals surface area contributed by atoms with Crippen LogP contribution in [0.4, 0.5) is 5.69 Å². The summed E-state index contributed by atoms with van der Waals surface area (Å²) in [6, 6.07) is 3.24. The number of sulfonamides is 1. The zero-order chi connectivity index (χ0) is 12.3. The number of aromatic nitrogens is 1. The van der Waals surface area contributed by atoms with Gasteiger partial charge in [0.2, 0.25) is 0 Å². The molecule has 0 radical (unpaired) electrons. The molecule has 0 saturated carbocycles. The molecule has 1 fully saturated rings. The molecule has 2 rings (SSSR count). The third-order valence-corrected chi connectivity index (χ3v) is 4.68. The zero-order valence-corrected chi connectivity index (χ0v) is 10.3. The van der Waals surface area contributed by atoms with Gasteiger partial charge in [0, 0.05) is 19.3 Å². The van der Waals surface area contributed by atoms with Crippen molar-refractivity contribution < 1.29 is 8.42 Å². The number of rotatable bonds is 3. The van der Waals surface area contributed by atoms with Crippen molar-refractivity contribution in [1.29, 1.82) is 0 Å². The van der Waals surface area contributed by atoms with E-state index in [0.717, 1.165) is 19.3 Å². The second-order valence-corrected chi connectivity index (χ2v) is 5.82. The smallest absolute Gasteiger partial charge is 0.262 e. The average Bonchev–Trinajstić information content (AvgIpc) is 2.39. The number of anilines is 1. The highest BCUT2D eigenvalue weighted by atomic mass is 32.2. The van der Waals surface area contributed by atoms with Crippen molar-refractivity contribution in [3.05, 3.63) is 18.3 Å². The molecule has 0 aliphatic carbocycles. The number of piperidine rings is 1. The van der Waals surface area contributed by atoms with Crippen molar-refractivity contribution in [1.82, 2.24) is 9.29 Å². The molecular formula is C10H16N4O2S. The van der Waals surface area contributed by atoms with E-state index in [0.29, 0.717) is 18.8 Å². The van der Waals surface area contributed by atoms with Crippen LogP contribution in [0.15, 0.2) is 23.4 Å². The van der Waals surface area contributed by atoms with Crippen LogP contribution in [-0.4, -0.2) is 30.8 Å². The number of nitrogen functional groups attached to an aromatic ring is 1. The Kier molecular flexibility index (Phi) is 3.60. The summed E-state index contributed by atoms with van der Waals surface area (Å²) >= 11 is 0. The first-order valence-electron chi connectivity index (χ1n) is 5.58. The van der Waals surface area contributed by atoms with Gasteiger partial charge < -0.3 is 5.43 Å². The highest BCUT2D eigenvalue weighted by Gasteiger charge is 2.29. The van der Waals surface area contributed by atoms with Crippen molar-refractivity contribution in [2.24, 2.45) is 5.84 Å². The minimum Gasteiger partial charge on any atom is -0.321 e. The Morgan fingerprint density at radius 1 is 1.29 bits per heavy atom. The van der Waals surface area contributed by atoms with E-state index in [-0.39, 0.29) is 5.03 Å². The van der Waals surface area contributed by atoms with Crippen LogP contribution in [0.2, 0.25) is 0 Å². The molecule has 1 aliphatic heterocycles. The second-order valence-electron chi connectivity index (χ2n) is 3.97. The Balaban J connectivity index is 2.36. The van der Waals surface area contributed by atoms with Gasteiger partial charge >= 0.3 is 0 Å². The summed E-state index contributed by atoms with van der Waals surface area (Å²) in [4.78, 5) is 3.92. The van der Waals surface area contributed by atoms with E-state index >= 15 is 0 Å². The van der Waals surface area contributed by atoms with Crippen LogP contribution in [0.25, 0.3) is 0 Å². The number of hydrazine groups is 1. The van der Waals surface area contributed by atoms with Crippen LogP contribution in [-0.2, 0) is 10.0 Å². The second kappa shape index (κ2) is 4.99. The average molecular weight is 256 g/mol. The Morgan fingerprint density at radius 2 is 2.00 bits per heavy atom. The van der Waals surface area contributed by atoms with E-state index in [2.05, 4.69) is 10.4 Å². The van der Waals surface area contributed by atoms with Gasteiger partial charge in [-0.2, -0.15) is 4.31 Å². The Morgan fingerprint density at radius 3 is 2.65 bits per heavy atom. The van der Waals surface area contributed by atoms with E-state index in [4.69, 9.17) is 5.84 Å². The summed E-state index contributed by atoms with van der Waals surface area (Å²) in [5, 5.41) is 0.00407.